The third-order valence-corrected chi connectivity index (χ3v) is 6.32. The number of allylic oxidation sites excluding steroid dienone is 2. The number of hydrogen-bond donors (Lipinski definition) is 1. The van der Waals surface area contributed by atoms with Crippen molar-refractivity contribution < 1.29 is 9.59 Å². The van der Waals surface area contributed by atoms with E-state index in [0.29, 0.717) is 24.3 Å². The molecule has 0 radical (unpaired) electrons. The Labute approximate surface area is 161 Å². The highest BCUT2D eigenvalue weighted by Gasteiger charge is 2.41. The number of para-hydroxylation sites is 1. The molecule has 3 aliphatic rings. The highest BCUT2D eigenvalue weighted by atomic mass is 16.2. The van der Waals surface area contributed by atoms with E-state index >= 15 is 0 Å². The molecule has 5 nitrogen and oxygen atoms in total. The second kappa shape index (κ2) is 7.85. The van der Waals surface area contributed by atoms with Gasteiger partial charge in [-0.05, 0) is 42.7 Å². The first kappa shape index (κ1) is 18.2. The van der Waals surface area contributed by atoms with Crippen LogP contribution in [0.5, 0.6) is 0 Å². The van der Waals surface area contributed by atoms with E-state index in [0.717, 1.165) is 56.7 Å². The summed E-state index contributed by atoms with van der Waals surface area (Å²) in [5.41, 5.74) is 2.06. The summed E-state index contributed by atoms with van der Waals surface area (Å²) in [7, 11) is 0. The summed E-state index contributed by atoms with van der Waals surface area (Å²) in [5, 5.41) is 3.04. The van der Waals surface area contributed by atoms with Crippen LogP contribution in [-0.2, 0) is 16.0 Å². The van der Waals surface area contributed by atoms with Gasteiger partial charge in [0.1, 0.15) is 0 Å². The van der Waals surface area contributed by atoms with Gasteiger partial charge in [0.05, 0.1) is 6.54 Å². The van der Waals surface area contributed by atoms with E-state index < -0.39 is 0 Å². The van der Waals surface area contributed by atoms with Gasteiger partial charge in [0.2, 0.25) is 11.8 Å². The van der Waals surface area contributed by atoms with Gasteiger partial charge < -0.3 is 10.2 Å². The first-order valence-electron chi connectivity index (χ1n) is 10.2. The van der Waals surface area contributed by atoms with Crippen molar-refractivity contribution in [3.8, 4) is 0 Å². The summed E-state index contributed by atoms with van der Waals surface area (Å²) >= 11 is 0. The lowest BCUT2D eigenvalue weighted by molar-refractivity contribution is -0.138. The molecule has 2 fully saturated rings. The van der Waals surface area contributed by atoms with E-state index in [2.05, 4.69) is 29.3 Å². The molecule has 1 aromatic rings. The average Bonchev–Trinajstić information content (AvgIpc) is 3.32. The quantitative estimate of drug-likeness (QED) is 0.814. The molecular formula is C22H29N3O2. The molecule has 1 N–H and O–H groups in total. The summed E-state index contributed by atoms with van der Waals surface area (Å²) in [6, 6.07) is 7.95. The SMILES string of the molecule is CCc1ccccc1NC(=O)CN1CCN(C(=O)C2CC3C=CC2C3)CC1. The topological polar surface area (TPSA) is 52.7 Å². The highest BCUT2D eigenvalue weighted by molar-refractivity contribution is 5.93. The normalized spacial score (nSPS) is 27.1. The van der Waals surface area contributed by atoms with Gasteiger partial charge in [0.25, 0.3) is 0 Å². The van der Waals surface area contributed by atoms with Gasteiger partial charge in [0.15, 0.2) is 0 Å². The maximum absolute atomic E-state index is 12.8. The van der Waals surface area contributed by atoms with Gasteiger partial charge in [-0.3, -0.25) is 14.5 Å². The Morgan fingerprint density at radius 3 is 2.52 bits per heavy atom. The average molecular weight is 367 g/mol. The van der Waals surface area contributed by atoms with Crippen molar-refractivity contribution in [2.24, 2.45) is 17.8 Å². The summed E-state index contributed by atoms with van der Waals surface area (Å²) in [4.78, 5) is 29.4. The standard InChI is InChI=1S/C22H29N3O2/c1-2-17-5-3-4-6-20(17)23-21(26)15-24-9-11-25(12-10-24)22(27)19-14-16-7-8-18(19)13-16/h3-8,16,18-19H,2,9-15H2,1H3,(H,23,26). The van der Waals surface area contributed by atoms with Crippen molar-refractivity contribution in [2.75, 3.05) is 38.0 Å². The number of hydrogen-bond acceptors (Lipinski definition) is 3. The van der Waals surface area contributed by atoms with Crippen molar-refractivity contribution in [1.29, 1.82) is 0 Å². The maximum Gasteiger partial charge on any atom is 0.238 e. The number of amides is 2. The number of anilines is 1. The van der Waals surface area contributed by atoms with Crippen molar-refractivity contribution in [3.63, 3.8) is 0 Å². The fourth-order valence-corrected chi connectivity index (χ4v) is 4.77. The number of benzene rings is 1. The van der Waals surface area contributed by atoms with Crippen LogP contribution in [0.25, 0.3) is 0 Å². The van der Waals surface area contributed by atoms with E-state index in [-0.39, 0.29) is 11.8 Å². The molecule has 2 bridgehead atoms. The third-order valence-electron chi connectivity index (χ3n) is 6.32. The molecule has 2 amide bonds. The second-order valence-electron chi connectivity index (χ2n) is 8.05. The fourth-order valence-electron chi connectivity index (χ4n) is 4.77. The maximum atomic E-state index is 12.8. The van der Waals surface area contributed by atoms with Crippen LogP contribution in [0, 0.1) is 17.8 Å². The molecule has 144 valence electrons. The summed E-state index contributed by atoms with van der Waals surface area (Å²) in [6.45, 7) is 5.48. The number of nitrogens with one attached hydrogen (secondary N) is 1. The Hall–Kier alpha value is -2.14. The van der Waals surface area contributed by atoms with Gasteiger partial charge in [-0.1, -0.05) is 37.3 Å². The van der Waals surface area contributed by atoms with E-state index in [1.165, 1.54) is 0 Å². The zero-order chi connectivity index (χ0) is 18.8. The number of aryl methyl sites for hydroxylation is 1. The first-order chi connectivity index (χ1) is 13.1. The molecule has 3 atom stereocenters. The van der Waals surface area contributed by atoms with Crippen LogP contribution in [0.3, 0.4) is 0 Å². The van der Waals surface area contributed by atoms with E-state index in [1.807, 2.05) is 29.2 Å². The highest BCUT2D eigenvalue weighted by Crippen LogP contribution is 2.44. The molecule has 1 saturated heterocycles. The Morgan fingerprint density at radius 2 is 1.85 bits per heavy atom. The summed E-state index contributed by atoms with van der Waals surface area (Å²) in [5.74, 6) is 1.63. The molecule has 0 aromatic heterocycles. The summed E-state index contributed by atoms with van der Waals surface area (Å²) < 4.78 is 0. The molecule has 3 unspecified atom stereocenters. The molecule has 5 heteroatoms. The Bertz CT molecular complexity index is 737. The molecule has 0 spiro atoms. The smallest absolute Gasteiger partial charge is 0.238 e. The fraction of sp³-hybridized carbons (Fsp3) is 0.545. The van der Waals surface area contributed by atoms with Crippen LogP contribution in [0.4, 0.5) is 5.69 Å². The van der Waals surface area contributed by atoms with Crippen LogP contribution >= 0.6 is 0 Å². The Morgan fingerprint density at radius 1 is 1.07 bits per heavy atom. The van der Waals surface area contributed by atoms with Gasteiger partial charge in [0, 0.05) is 37.8 Å². The number of rotatable bonds is 5. The van der Waals surface area contributed by atoms with E-state index in [9.17, 15) is 9.59 Å². The zero-order valence-corrected chi connectivity index (χ0v) is 16.1. The van der Waals surface area contributed by atoms with Gasteiger partial charge in [-0.2, -0.15) is 0 Å². The summed E-state index contributed by atoms with van der Waals surface area (Å²) in [6.07, 6.45) is 7.61. The van der Waals surface area contributed by atoms with Crippen molar-refractivity contribution >= 4 is 17.5 Å². The first-order valence-corrected chi connectivity index (χ1v) is 10.2. The lowest BCUT2D eigenvalue weighted by Crippen LogP contribution is -2.52. The minimum Gasteiger partial charge on any atom is -0.340 e. The minimum atomic E-state index is 0.0221. The number of carbonyl (C=O) groups excluding carboxylic acids is 2. The predicted octanol–water partition coefficient (Wildman–Crippen LogP) is 2.54. The molecule has 1 heterocycles. The largest absolute Gasteiger partial charge is 0.340 e. The van der Waals surface area contributed by atoms with Crippen LogP contribution in [-0.4, -0.2) is 54.3 Å². The Balaban J connectivity index is 1.25. The molecule has 4 rings (SSSR count). The molecule has 1 saturated carbocycles. The van der Waals surface area contributed by atoms with Gasteiger partial charge >= 0.3 is 0 Å². The van der Waals surface area contributed by atoms with Gasteiger partial charge in [-0.25, -0.2) is 0 Å². The second-order valence-corrected chi connectivity index (χ2v) is 8.05. The van der Waals surface area contributed by atoms with Crippen molar-refractivity contribution in [2.45, 2.75) is 26.2 Å². The van der Waals surface area contributed by atoms with Gasteiger partial charge in [-0.15, -0.1) is 0 Å². The van der Waals surface area contributed by atoms with Crippen LogP contribution in [0.2, 0.25) is 0 Å². The molecular weight excluding hydrogens is 338 g/mol. The minimum absolute atomic E-state index is 0.0221. The van der Waals surface area contributed by atoms with E-state index in [4.69, 9.17) is 0 Å². The molecule has 1 aliphatic heterocycles. The van der Waals surface area contributed by atoms with Crippen LogP contribution in [0.15, 0.2) is 36.4 Å². The monoisotopic (exact) mass is 367 g/mol. The van der Waals surface area contributed by atoms with Crippen LogP contribution in [0.1, 0.15) is 25.3 Å². The Kier molecular flexibility index (Phi) is 5.30. The molecule has 2 aliphatic carbocycles. The lowest BCUT2D eigenvalue weighted by Gasteiger charge is -2.36. The third kappa shape index (κ3) is 3.93. The number of carbonyl (C=O) groups is 2. The number of nitrogens with zero attached hydrogens (tertiary/aromatic N) is 2. The van der Waals surface area contributed by atoms with E-state index in [1.54, 1.807) is 0 Å². The molecule has 1 aromatic carbocycles. The zero-order valence-electron chi connectivity index (χ0n) is 16.1. The van der Waals surface area contributed by atoms with Crippen molar-refractivity contribution in [3.05, 3.63) is 42.0 Å². The van der Waals surface area contributed by atoms with Crippen molar-refractivity contribution in [1.82, 2.24) is 9.80 Å². The number of piperazine rings is 1. The predicted molar refractivity (Wildman–Crippen MR) is 106 cm³/mol. The lowest BCUT2D eigenvalue weighted by atomic mass is 9.92. The molecule has 27 heavy (non-hydrogen) atoms. The number of fused-ring (bicyclic) bond motifs is 2. The van der Waals surface area contributed by atoms with Crippen LogP contribution < -0.4 is 5.32 Å².